The van der Waals surface area contributed by atoms with Gasteiger partial charge in [0.15, 0.2) is 5.78 Å². The first-order valence-corrected chi connectivity index (χ1v) is 5.21. The maximum absolute atomic E-state index is 11.6. The molecular weight excluding hydrogens is 164 g/mol. The zero-order chi connectivity index (χ0) is 9.68. The van der Waals surface area contributed by atoms with Crippen molar-refractivity contribution in [3.8, 4) is 0 Å². The molecule has 0 aliphatic heterocycles. The summed E-state index contributed by atoms with van der Waals surface area (Å²) in [5.74, 6) is 0.302. The Labute approximate surface area is 80.3 Å². The second-order valence-electron chi connectivity index (χ2n) is 3.75. The summed E-state index contributed by atoms with van der Waals surface area (Å²) in [7, 11) is 1.86. The number of hydrogen-bond acceptors (Lipinski definition) is 3. The molecule has 3 nitrogen and oxygen atoms in total. The third kappa shape index (κ3) is 3.87. The van der Waals surface area contributed by atoms with E-state index in [1.807, 2.05) is 7.05 Å². The average molecular weight is 184 g/mol. The van der Waals surface area contributed by atoms with Crippen LogP contribution in [0.5, 0.6) is 0 Å². The number of likely N-dealkylation sites (N-methyl/N-ethyl adjacent to an activating group) is 1. The summed E-state index contributed by atoms with van der Waals surface area (Å²) in [4.78, 5) is 11.6. The number of ketones is 1. The van der Waals surface area contributed by atoms with Crippen molar-refractivity contribution >= 4 is 5.78 Å². The third-order valence-corrected chi connectivity index (χ3v) is 2.46. The molecular formula is C10H20N2O. The summed E-state index contributed by atoms with van der Waals surface area (Å²) in [6.45, 7) is 2.64. The van der Waals surface area contributed by atoms with E-state index in [-0.39, 0.29) is 6.04 Å². The van der Waals surface area contributed by atoms with Crippen LogP contribution in [0.3, 0.4) is 0 Å². The summed E-state index contributed by atoms with van der Waals surface area (Å²) in [6, 6.07) is 0.680. The van der Waals surface area contributed by atoms with E-state index in [9.17, 15) is 4.79 Å². The van der Waals surface area contributed by atoms with Crippen molar-refractivity contribution in [2.24, 2.45) is 0 Å². The lowest BCUT2D eigenvalue weighted by molar-refractivity contribution is -0.120. The molecule has 0 heterocycles. The maximum Gasteiger partial charge on any atom is 0.163 e. The predicted molar refractivity (Wildman–Crippen MR) is 53.8 cm³/mol. The lowest BCUT2D eigenvalue weighted by Crippen LogP contribution is -2.40. The van der Waals surface area contributed by atoms with E-state index in [2.05, 4.69) is 17.6 Å². The predicted octanol–water partition coefficient (Wildman–Crippen LogP) is 0.696. The van der Waals surface area contributed by atoms with Gasteiger partial charge in [0, 0.05) is 6.04 Å². The Morgan fingerprint density at radius 1 is 1.54 bits per heavy atom. The van der Waals surface area contributed by atoms with E-state index in [0.717, 1.165) is 12.8 Å². The van der Waals surface area contributed by atoms with Gasteiger partial charge in [-0.05, 0) is 26.3 Å². The van der Waals surface area contributed by atoms with Crippen molar-refractivity contribution in [3.63, 3.8) is 0 Å². The second-order valence-corrected chi connectivity index (χ2v) is 3.75. The monoisotopic (exact) mass is 184 g/mol. The fourth-order valence-electron chi connectivity index (χ4n) is 1.41. The zero-order valence-corrected chi connectivity index (χ0v) is 8.60. The van der Waals surface area contributed by atoms with Crippen LogP contribution in [0.4, 0.5) is 0 Å². The molecule has 76 valence electrons. The summed E-state index contributed by atoms with van der Waals surface area (Å²) in [6.07, 6.45) is 4.49. The lowest BCUT2D eigenvalue weighted by atomic mass is 10.1. The number of carbonyl (C=O) groups is 1. The van der Waals surface area contributed by atoms with E-state index < -0.39 is 0 Å². The van der Waals surface area contributed by atoms with E-state index >= 15 is 0 Å². The highest BCUT2D eigenvalue weighted by Gasteiger charge is 2.23. The first-order chi connectivity index (χ1) is 6.27. The number of hydrogen-bond donors (Lipinski definition) is 2. The second kappa shape index (κ2) is 5.35. The van der Waals surface area contributed by atoms with Crippen LogP contribution < -0.4 is 10.6 Å². The van der Waals surface area contributed by atoms with Gasteiger partial charge >= 0.3 is 0 Å². The Morgan fingerprint density at radius 3 is 2.69 bits per heavy atom. The van der Waals surface area contributed by atoms with Gasteiger partial charge in [-0.1, -0.05) is 13.3 Å². The standard InChI is InChI=1S/C10H20N2O/c1-3-4-9(11-2)10(13)7-12-8-5-6-8/h8-9,11-12H,3-7H2,1-2H3/t9-/m0/s1. The van der Waals surface area contributed by atoms with Gasteiger partial charge in [0.1, 0.15) is 0 Å². The van der Waals surface area contributed by atoms with E-state index in [4.69, 9.17) is 0 Å². The summed E-state index contributed by atoms with van der Waals surface area (Å²) in [5, 5.41) is 6.30. The van der Waals surface area contributed by atoms with E-state index in [1.54, 1.807) is 0 Å². The smallest absolute Gasteiger partial charge is 0.163 e. The van der Waals surface area contributed by atoms with Crippen LogP contribution in [0.1, 0.15) is 32.6 Å². The number of nitrogens with one attached hydrogen (secondary N) is 2. The molecule has 13 heavy (non-hydrogen) atoms. The highest BCUT2D eigenvalue weighted by molar-refractivity contribution is 5.85. The molecule has 0 aromatic carbocycles. The van der Waals surface area contributed by atoms with Gasteiger partial charge in [0.25, 0.3) is 0 Å². The van der Waals surface area contributed by atoms with Gasteiger partial charge in [0.2, 0.25) is 0 Å². The number of rotatable bonds is 7. The molecule has 0 unspecified atom stereocenters. The van der Waals surface area contributed by atoms with E-state index in [0.29, 0.717) is 18.4 Å². The van der Waals surface area contributed by atoms with Crippen LogP contribution in [-0.2, 0) is 4.79 Å². The number of carbonyl (C=O) groups excluding carboxylic acids is 1. The summed E-state index contributed by atoms with van der Waals surface area (Å²) < 4.78 is 0. The Balaban J connectivity index is 2.16. The van der Waals surface area contributed by atoms with Gasteiger partial charge in [-0.2, -0.15) is 0 Å². The minimum atomic E-state index is 0.0521. The molecule has 0 radical (unpaired) electrons. The molecule has 1 fully saturated rings. The van der Waals surface area contributed by atoms with Gasteiger partial charge in [-0.3, -0.25) is 4.79 Å². The van der Waals surface area contributed by atoms with Gasteiger partial charge in [-0.25, -0.2) is 0 Å². The molecule has 1 rings (SSSR count). The largest absolute Gasteiger partial charge is 0.311 e. The molecule has 3 heteroatoms. The van der Waals surface area contributed by atoms with Gasteiger partial charge < -0.3 is 10.6 Å². The van der Waals surface area contributed by atoms with Crippen LogP contribution in [0.25, 0.3) is 0 Å². The Bertz CT molecular complexity index is 166. The van der Waals surface area contributed by atoms with E-state index in [1.165, 1.54) is 12.8 Å². The van der Waals surface area contributed by atoms with Crippen molar-refractivity contribution in [1.29, 1.82) is 0 Å². The third-order valence-electron chi connectivity index (χ3n) is 2.46. The molecule has 1 aliphatic carbocycles. The van der Waals surface area contributed by atoms with Crippen molar-refractivity contribution in [2.75, 3.05) is 13.6 Å². The fraction of sp³-hybridized carbons (Fsp3) is 0.900. The highest BCUT2D eigenvalue weighted by Crippen LogP contribution is 2.18. The molecule has 1 aliphatic rings. The molecule has 0 aromatic rings. The molecule has 0 aromatic heterocycles. The highest BCUT2D eigenvalue weighted by atomic mass is 16.1. The summed E-state index contributed by atoms with van der Waals surface area (Å²) >= 11 is 0. The van der Waals surface area contributed by atoms with Crippen molar-refractivity contribution in [3.05, 3.63) is 0 Å². The van der Waals surface area contributed by atoms with Crippen molar-refractivity contribution < 1.29 is 4.79 Å². The number of Topliss-reactive ketones (excluding diaryl/α,β-unsaturated/α-hetero) is 1. The minimum Gasteiger partial charge on any atom is -0.311 e. The molecule has 0 spiro atoms. The van der Waals surface area contributed by atoms with Crippen LogP contribution in [-0.4, -0.2) is 31.5 Å². The molecule has 0 amide bonds. The summed E-state index contributed by atoms with van der Waals surface area (Å²) in [5.41, 5.74) is 0. The van der Waals surface area contributed by atoms with Crippen LogP contribution in [0.15, 0.2) is 0 Å². The van der Waals surface area contributed by atoms with Gasteiger partial charge in [0.05, 0.1) is 12.6 Å². The molecule has 1 saturated carbocycles. The van der Waals surface area contributed by atoms with Gasteiger partial charge in [-0.15, -0.1) is 0 Å². The average Bonchev–Trinajstić information content (AvgIpc) is 2.93. The molecule has 0 saturated heterocycles. The molecule has 2 N–H and O–H groups in total. The molecule has 0 bridgehead atoms. The Kier molecular flexibility index (Phi) is 4.39. The van der Waals surface area contributed by atoms with Crippen molar-refractivity contribution in [2.45, 2.75) is 44.7 Å². The van der Waals surface area contributed by atoms with Crippen LogP contribution >= 0.6 is 0 Å². The zero-order valence-electron chi connectivity index (χ0n) is 8.60. The SMILES string of the molecule is CCC[C@H](NC)C(=O)CNC1CC1. The fourth-order valence-corrected chi connectivity index (χ4v) is 1.41. The molecule has 1 atom stereocenters. The normalized spacial score (nSPS) is 18.6. The van der Waals surface area contributed by atoms with Crippen molar-refractivity contribution in [1.82, 2.24) is 10.6 Å². The lowest BCUT2D eigenvalue weighted by Gasteiger charge is -2.13. The van der Waals surface area contributed by atoms with Crippen LogP contribution in [0, 0.1) is 0 Å². The maximum atomic E-state index is 11.6. The Morgan fingerprint density at radius 2 is 2.23 bits per heavy atom. The first-order valence-electron chi connectivity index (χ1n) is 5.21. The Hall–Kier alpha value is -0.410. The quantitative estimate of drug-likeness (QED) is 0.612. The van der Waals surface area contributed by atoms with Crippen LogP contribution in [0.2, 0.25) is 0 Å². The topological polar surface area (TPSA) is 41.1 Å². The minimum absolute atomic E-state index is 0.0521. The first kappa shape index (κ1) is 10.7.